The van der Waals surface area contributed by atoms with E-state index in [1.165, 1.54) is 25.0 Å². The highest BCUT2D eigenvalue weighted by Gasteiger charge is 2.17. The normalized spacial score (nSPS) is 23.3. The zero-order valence-electron chi connectivity index (χ0n) is 7.20. The Morgan fingerprint density at radius 1 is 1.54 bits per heavy atom. The fraction of sp³-hybridized carbons (Fsp3) is 0.750. The summed E-state index contributed by atoms with van der Waals surface area (Å²) < 4.78 is 5.60. The van der Waals surface area contributed by atoms with Gasteiger partial charge < -0.3 is 4.52 Å². The van der Waals surface area contributed by atoms with Crippen molar-refractivity contribution in [1.29, 1.82) is 0 Å². The van der Waals surface area contributed by atoms with Gasteiger partial charge in [0.05, 0.1) is 0 Å². The molecule has 1 unspecified atom stereocenters. The Morgan fingerprint density at radius 3 is 3.08 bits per heavy atom. The summed E-state index contributed by atoms with van der Waals surface area (Å²) in [6, 6.07) is 0. The van der Waals surface area contributed by atoms with Crippen molar-refractivity contribution in [3.63, 3.8) is 0 Å². The Bertz CT molecular complexity index is 273. The number of halogens is 1. The Morgan fingerprint density at radius 2 is 2.46 bits per heavy atom. The highest BCUT2D eigenvalue weighted by molar-refractivity contribution is 9.10. The molecule has 72 valence electrons. The van der Waals surface area contributed by atoms with Gasteiger partial charge in [0.15, 0.2) is 0 Å². The van der Waals surface area contributed by atoms with Crippen LogP contribution in [-0.2, 0) is 6.42 Å². The molecule has 0 N–H and O–H groups in total. The number of rotatable bonds is 2. The van der Waals surface area contributed by atoms with Gasteiger partial charge in [0.2, 0.25) is 10.6 Å². The summed E-state index contributed by atoms with van der Waals surface area (Å²) in [4.78, 5) is 4.13. The van der Waals surface area contributed by atoms with E-state index in [0.717, 1.165) is 12.3 Å². The van der Waals surface area contributed by atoms with Crippen molar-refractivity contribution >= 4 is 27.7 Å². The molecule has 1 aromatic heterocycles. The largest absolute Gasteiger partial charge is 0.338 e. The first-order valence-electron chi connectivity index (χ1n) is 4.44. The van der Waals surface area contributed by atoms with Crippen LogP contribution in [0.5, 0.6) is 0 Å². The maximum absolute atomic E-state index is 5.05. The molecular formula is C8H11BrN2OS. The lowest BCUT2D eigenvalue weighted by Gasteiger charge is -2.18. The first kappa shape index (κ1) is 9.52. The molecule has 3 nitrogen and oxygen atoms in total. The molecule has 1 fully saturated rings. The molecule has 0 spiro atoms. The fourth-order valence-corrected chi connectivity index (χ4v) is 3.05. The molecule has 0 saturated carbocycles. The Balaban J connectivity index is 1.89. The number of hydrogen-bond acceptors (Lipinski definition) is 4. The first-order chi connectivity index (χ1) is 6.34. The van der Waals surface area contributed by atoms with Crippen LogP contribution in [0.2, 0.25) is 0 Å². The van der Waals surface area contributed by atoms with Crippen LogP contribution in [0.15, 0.2) is 9.26 Å². The molecule has 0 amide bonds. The third-order valence-electron chi connectivity index (χ3n) is 2.12. The molecular weight excluding hydrogens is 252 g/mol. The second kappa shape index (κ2) is 4.46. The second-order valence-corrected chi connectivity index (χ2v) is 5.27. The van der Waals surface area contributed by atoms with Crippen LogP contribution in [0.4, 0.5) is 0 Å². The molecule has 1 aromatic rings. The van der Waals surface area contributed by atoms with Crippen LogP contribution < -0.4 is 0 Å². The van der Waals surface area contributed by atoms with Crippen molar-refractivity contribution in [3.8, 4) is 0 Å². The zero-order chi connectivity index (χ0) is 9.10. The summed E-state index contributed by atoms with van der Waals surface area (Å²) >= 11 is 5.20. The van der Waals surface area contributed by atoms with Gasteiger partial charge in [0.1, 0.15) is 0 Å². The molecule has 2 rings (SSSR count). The minimum absolute atomic E-state index is 0.559. The molecule has 2 heterocycles. The summed E-state index contributed by atoms with van der Waals surface area (Å²) in [7, 11) is 0. The highest BCUT2D eigenvalue weighted by atomic mass is 79.9. The van der Waals surface area contributed by atoms with Crippen LogP contribution >= 0.6 is 27.7 Å². The van der Waals surface area contributed by atoms with Crippen molar-refractivity contribution < 1.29 is 4.52 Å². The van der Waals surface area contributed by atoms with E-state index in [1.54, 1.807) is 0 Å². The lowest BCUT2D eigenvalue weighted by molar-refractivity contribution is 0.371. The predicted molar refractivity (Wildman–Crippen MR) is 55.8 cm³/mol. The lowest BCUT2D eigenvalue weighted by Crippen LogP contribution is -2.12. The fourth-order valence-electron chi connectivity index (χ4n) is 1.48. The van der Waals surface area contributed by atoms with Gasteiger partial charge in [-0.1, -0.05) is 6.42 Å². The molecule has 1 aliphatic rings. The zero-order valence-corrected chi connectivity index (χ0v) is 9.60. The maximum atomic E-state index is 5.05. The first-order valence-corrected chi connectivity index (χ1v) is 6.28. The van der Waals surface area contributed by atoms with Crippen LogP contribution in [0.25, 0.3) is 0 Å². The van der Waals surface area contributed by atoms with Gasteiger partial charge in [0.25, 0.3) is 0 Å². The van der Waals surface area contributed by atoms with Crippen molar-refractivity contribution in [1.82, 2.24) is 10.1 Å². The predicted octanol–water partition coefficient (Wildman–Crippen LogP) is 2.66. The molecule has 0 bridgehead atoms. The van der Waals surface area contributed by atoms with Gasteiger partial charge in [-0.2, -0.15) is 16.7 Å². The van der Waals surface area contributed by atoms with Crippen LogP contribution in [0, 0.1) is 0 Å². The topological polar surface area (TPSA) is 38.9 Å². The van der Waals surface area contributed by atoms with E-state index in [9.17, 15) is 0 Å². The van der Waals surface area contributed by atoms with E-state index in [0.29, 0.717) is 9.98 Å². The molecule has 1 aliphatic heterocycles. The van der Waals surface area contributed by atoms with E-state index >= 15 is 0 Å². The number of nitrogens with zero attached hydrogens (tertiary/aromatic N) is 2. The standard InChI is InChI=1S/C8H11BrN2OS/c9-8-10-7(12-11-8)5-6-3-1-2-4-13-6/h6H,1-5H2. The Hall–Kier alpha value is -0.0300. The monoisotopic (exact) mass is 262 g/mol. The average Bonchev–Trinajstić information content (AvgIpc) is 2.53. The van der Waals surface area contributed by atoms with Gasteiger partial charge >= 0.3 is 0 Å². The second-order valence-electron chi connectivity index (χ2n) is 3.15. The summed E-state index contributed by atoms with van der Waals surface area (Å²) in [6.07, 6.45) is 4.90. The van der Waals surface area contributed by atoms with Crippen LogP contribution in [-0.4, -0.2) is 21.1 Å². The summed E-state index contributed by atoms with van der Waals surface area (Å²) in [6.45, 7) is 0. The van der Waals surface area contributed by atoms with Gasteiger partial charge in [-0.25, -0.2) is 0 Å². The molecule has 1 saturated heterocycles. The summed E-state index contributed by atoms with van der Waals surface area (Å²) in [5.41, 5.74) is 0. The SMILES string of the molecule is Brc1noc(CC2CCCCS2)n1. The van der Waals surface area contributed by atoms with Crippen molar-refractivity contribution in [3.05, 3.63) is 10.6 Å². The third-order valence-corrected chi connectivity index (χ3v) is 3.84. The maximum Gasteiger partial charge on any atom is 0.238 e. The van der Waals surface area contributed by atoms with Gasteiger partial charge in [-0.15, -0.1) is 0 Å². The van der Waals surface area contributed by atoms with E-state index < -0.39 is 0 Å². The quantitative estimate of drug-likeness (QED) is 0.822. The van der Waals surface area contributed by atoms with Crippen LogP contribution in [0.3, 0.4) is 0 Å². The summed E-state index contributed by atoms with van der Waals surface area (Å²) in [5.74, 6) is 2.03. The van der Waals surface area contributed by atoms with E-state index in [2.05, 4.69) is 26.1 Å². The van der Waals surface area contributed by atoms with Crippen molar-refractivity contribution in [2.75, 3.05) is 5.75 Å². The van der Waals surface area contributed by atoms with Crippen LogP contribution in [0.1, 0.15) is 25.2 Å². The van der Waals surface area contributed by atoms with E-state index in [1.807, 2.05) is 11.8 Å². The molecule has 1 atom stereocenters. The smallest absolute Gasteiger partial charge is 0.238 e. The molecule has 5 heteroatoms. The van der Waals surface area contributed by atoms with Crippen molar-refractivity contribution in [2.24, 2.45) is 0 Å². The number of thioether (sulfide) groups is 1. The Labute approximate surface area is 89.8 Å². The highest BCUT2D eigenvalue weighted by Crippen LogP contribution is 2.27. The molecule has 13 heavy (non-hydrogen) atoms. The van der Waals surface area contributed by atoms with Crippen molar-refractivity contribution in [2.45, 2.75) is 30.9 Å². The summed E-state index contributed by atoms with van der Waals surface area (Å²) in [5, 5.41) is 4.38. The molecule has 0 radical (unpaired) electrons. The van der Waals surface area contributed by atoms with E-state index in [-0.39, 0.29) is 0 Å². The van der Waals surface area contributed by atoms with Gasteiger partial charge in [-0.3, -0.25) is 0 Å². The third kappa shape index (κ3) is 2.71. The average molecular weight is 263 g/mol. The molecule has 0 aromatic carbocycles. The van der Waals surface area contributed by atoms with Gasteiger partial charge in [0, 0.05) is 11.7 Å². The Kier molecular flexibility index (Phi) is 3.27. The molecule has 0 aliphatic carbocycles. The van der Waals surface area contributed by atoms with E-state index in [4.69, 9.17) is 4.52 Å². The van der Waals surface area contributed by atoms with Gasteiger partial charge in [-0.05, 0) is 39.7 Å². The lowest BCUT2D eigenvalue weighted by atomic mass is 10.1. The minimum atomic E-state index is 0.559. The number of aromatic nitrogens is 2. The minimum Gasteiger partial charge on any atom is -0.338 e. The number of hydrogen-bond donors (Lipinski definition) is 0.